The third-order valence-corrected chi connectivity index (χ3v) is 2.20. The standard InChI is InChI=1S/C12H22N2O3/c1-3-6-16-7-4-11-9-14-12(17-11)10-13-5-8-15-2/h9,13H,3-8,10H2,1-2H3. The van der Waals surface area contributed by atoms with Crippen LogP contribution in [0.3, 0.4) is 0 Å². The van der Waals surface area contributed by atoms with Crippen LogP contribution in [-0.4, -0.2) is 38.5 Å². The fraction of sp³-hybridized carbons (Fsp3) is 0.750. The SMILES string of the molecule is CCCOCCc1cnc(CNCCOC)o1. The highest BCUT2D eigenvalue weighted by molar-refractivity contribution is 4.94. The minimum Gasteiger partial charge on any atom is -0.444 e. The maximum atomic E-state index is 5.55. The molecule has 1 aromatic rings. The molecule has 0 spiro atoms. The van der Waals surface area contributed by atoms with Gasteiger partial charge >= 0.3 is 0 Å². The number of methoxy groups -OCH3 is 1. The number of hydrogen-bond acceptors (Lipinski definition) is 5. The first-order chi connectivity index (χ1) is 8.36. The van der Waals surface area contributed by atoms with Gasteiger partial charge < -0.3 is 19.2 Å². The summed E-state index contributed by atoms with van der Waals surface area (Å²) in [6.45, 7) is 5.73. The second-order valence-electron chi connectivity index (χ2n) is 3.75. The van der Waals surface area contributed by atoms with Crippen LogP contribution >= 0.6 is 0 Å². The molecule has 0 radical (unpaired) electrons. The van der Waals surface area contributed by atoms with Crippen molar-refractivity contribution in [3.05, 3.63) is 17.8 Å². The molecule has 0 bridgehead atoms. The number of rotatable bonds is 10. The normalized spacial score (nSPS) is 10.9. The van der Waals surface area contributed by atoms with Crippen molar-refractivity contribution in [3.63, 3.8) is 0 Å². The van der Waals surface area contributed by atoms with Crippen LogP contribution in [0.2, 0.25) is 0 Å². The molecule has 0 saturated carbocycles. The minimum atomic E-state index is 0.638. The molecule has 1 N–H and O–H groups in total. The highest BCUT2D eigenvalue weighted by Crippen LogP contribution is 2.04. The van der Waals surface area contributed by atoms with Crippen molar-refractivity contribution in [1.82, 2.24) is 10.3 Å². The van der Waals surface area contributed by atoms with Gasteiger partial charge in [-0.25, -0.2) is 4.98 Å². The average molecular weight is 242 g/mol. The number of nitrogens with zero attached hydrogens (tertiary/aromatic N) is 1. The summed E-state index contributed by atoms with van der Waals surface area (Å²) >= 11 is 0. The third-order valence-electron chi connectivity index (χ3n) is 2.20. The van der Waals surface area contributed by atoms with Crippen molar-refractivity contribution >= 4 is 0 Å². The molecule has 1 heterocycles. The van der Waals surface area contributed by atoms with Crippen LogP contribution in [0.5, 0.6) is 0 Å². The lowest BCUT2D eigenvalue weighted by Gasteiger charge is -2.00. The van der Waals surface area contributed by atoms with Gasteiger partial charge in [0.1, 0.15) is 5.76 Å². The molecule has 1 aromatic heterocycles. The molecule has 0 amide bonds. The van der Waals surface area contributed by atoms with Gasteiger partial charge in [-0.05, 0) is 6.42 Å². The highest BCUT2D eigenvalue weighted by atomic mass is 16.5. The lowest BCUT2D eigenvalue weighted by atomic mass is 10.4. The van der Waals surface area contributed by atoms with E-state index in [9.17, 15) is 0 Å². The second-order valence-corrected chi connectivity index (χ2v) is 3.75. The summed E-state index contributed by atoms with van der Waals surface area (Å²) in [6.07, 6.45) is 3.60. The van der Waals surface area contributed by atoms with Gasteiger partial charge in [0.05, 0.1) is 26.0 Å². The minimum absolute atomic E-state index is 0.638. The molecule has 5 nitrogen and oxygen atoms in total. The molecule has 17 heavy (non-hydrogen) atoms. The number of aromatic nitrogens is 1. The Bertz CT molecular complexity index is 263. The fourth-order valence-electron chi connectivity index (χ4n) is 1.33. The first-order valence-electron chi connectivity index (χ1n) is 6.07. The van der Waals surface area contributed by atoms with Crippen molar-refractivity contribution in [3.8, 4) is 0 Å². The fourth-order valence-corrected chi connectivity index (χ4v) is 1.33. The van der Waals surface area contributed by atoms with Crippen LogP contribution in [0.15, 0.2) is 10.6 Å². The van der Waals surface area contributed by atoms with Gasteiger partial charge in [-0.2, -0.15) is 0 Å². The van der Waals surface area contributed by atoms with Gasteiger partial charge in [0, 0.05) is 26.7 Å². The Kier molecular flexibility index (Phi) is 7.62. The Morgan fingerprint density at radius 3 is 3.00 bits per heavy atom. The molecule has 1 rings (SSSR count). The van der Waals surface area contributed by atoms with Gasteiger partial charge in [0.25, 0.3) is 0 Å². The van der Waals surface area contributed by atoms with Crippen LogP contribution in [0.1, 0.15) is 25.0 Å². The number of ether oxygens (including phenoxy) is 2. The summed E-state index contributed by atoms with van der Waals surface area (Å²) in [5.41, 5.74) is 0. The van der Waals surface area contributed by atoms with E-state index in [4.69, 9.17) is 13.9 Å². The van der Waals surface area contributed by atoms with Crippen LogP contribution < -0.4 is 5.32 Å². The quantitative estimate of drug-likeness (QED) is 0.628. The van der Waals surface area contributed by atoms with Crippen LogP contribution in [0.25, 0.3) is 0 Å². The van der Waals surface area contributed by atoms with Gasteiger partial charge in [-0.15, -0.1) is 0 Å². The van der Waals surface area contributed by atoms with E-state index in [1.807, 2.05) is 0 Å². The molecule has 0 fully saturated rings. The zero-order chi connectivity index (χ0) is 12.3. The Hall–Kier alpha value is -0.910. The van der Waals surface area contributed by atoms with Crippen molar-refractivity contribution in [2.75, 3.05) is 33.5 Å². The van der Waals surface area contributed by atoms with Gasteiger partial charge in [0.15, 0.2) is 0 Å². The second kappa shape index (κ2) is 9.15. The summed E-state index contributed by atoms with van der Waals surface area (Å²) in [7, 11) is 1.68. The van der Waals surface area contributed by atoms with Crippen LogP contribution in [-0.2, 0) is 22.4 Å². The van der Waals surface area contributed by atoms with Crippen molar-refractivity contribution < 1.29 is 13.9 Å². The molecule has 0 aliphatic rings. The zero-order valence-corrected chi connectivity index (χ0v) is 10.7. The number of nitrogens with one attached hydrogen (secondary N) is 1. The molecule has 0 atom stereocenters. The lowest BCUT2D eigenvalue weighted by molar-refractivity contribution is 0.134. The first-order valence-corrected chi connectivity index (χ1v) is 6.07. The summed E-state index contributed by atoms with van der Waals surface area (Å²) in [4.78, 5) is 4.19. The van der Waals surface area contributed by atoms with Crippen molar-refractivity contribution in [1.29, 1.82) is 0 Å². The highest BCUT2D eigenvalue weighted by Gasteiger charge is 2.03. The maximum Gasteiger partial charge on any atom is 0.208 e. The van der Waals surface area contributed by atoms with Crippen molar-refractivity contribution in [2.24, 2.45) is 0 Å². The predicted octanol–water partition coefficient (Wildman–Crippen LogP) is 1.38. The summed E-state index contributed by atoms with van der Waals surface area (Å²) in [5.74, 6) is 1.59. The Balaban J connectivity index is 2.14. The topological polar surface area (TPSA) is 56.5 Å². The van der Waals surface area contributed by atoms with E-state index < -0.39 is 0 Å². The average Bonchev–Trinajstić information content (AvgIpc) is 2.78. The molecule has 98 valence electrons. The summed E-state index contributed by atoms with van der Waals surface area (Å²) < 4.78 is 15.9. The molecule has 0 unspecified atom stereocenters. The third kappa shape index (κ3) is 6.41. The Morgan fingerprint density at radius 2 is 2.24 bits per heavy atom. The van der Waals surface area contributed by atoms with E-state index in [0.717, 1.165) is 31.8 Å². The number of hydrogen-bond donors (Lipinski definition) is 1. The van der Waals surface area contributed by atoms with Crippen LogP contribution in [0, 0.1) is 0 Å². The van der Waals surface area contributed by atoms with E-state index in [0.29, 0.717) is 25.6 Å². The van der Waals surface area contributed by atoms with Gasteiger partial charge in [0.2, 0.25) is 5.89 Å². The molecule has 5 heteroatoms. The molecule has 0 aliphatic heterocycles. The smallest absolute Gasteiger partial charge is 0.208 e. The first kappa shape index (κ1) is 14.2. The van der Waals surface area contributed by atoms with E-state index in [2.05, 4.69) is 17.2 Å². The molecule has 0 aliphatic carbocycles. The largest absolute Gasteiger partial charge is 0.444 e. The van der Waals surface area contributed by atoms with Gasteiger partial charge in [-0.3, -0.25) is 0 Å². The maximum absolute atomic E-state index is 5.55. The molecular formula is C12H22N2O3. The predicted molar refractivity (Wildman–Crippen MR) is 64.9 cm³/mol. The van der Waals surface area contributed by atoms with E-state index >= 15 is 0 Å². The molecule has 0 saturated heterocycles. The van der Waals surface area contributed by atoms with Gasteiger partial charge in [-0.1, -0.05) is 6.92 Å². The van der Waals surface area contributed by atoms with E-state index in [-0.39, 0.29) is 0 Å². The molecule has 0 aromatic carbocycles. The molecular weight excluding hydrogens is 220 g/mol. The van der Waals surface area contributed by atoms with Crippen molar-refractivity contribution in [2.45, 2.75) is 26.3 Å². The Morgan fingerprint density at radius 1 is 1.35 bits per heavy atom. The zero-order valence-electron chi connectivity index (χ0n) is 10.7. The summed E-state index contributed by atoms with van der Waals surface area (Å²) in [5, 5.41) is 3.18. The Labute approximate surface area is 103 Å². The van der Waals surface area contributed by atoms with Crippen LogP contribution in [0.4, 0.5) is 0 Å². The monoisotopic (exact) mass is 242 g/mol. The lowest BCUT2D eigenvalue weighted by Crippen LogP contribution is -2.18. The van der Waals surface area contributed by atoms with E-state index in [1.54, 1.807) is 13.3 Å². The van der Waals surface area contributed by atoms with E-state index in [1.165, 1.54) is 0 Å². The number of oxazole rings is 1. The summed E-state index contributed by atoms with van der Waals surface area (Å²) in [6, 6.07) is 0.